The fourth-order valence-electron chi connectivity index (χ4n) is 1.85. The third-order valence-electron chi connectivity index (χ3n) is 2.96. The maximum absolute atomic E-state index is 12.1. The van der Waals surface area contributed by atoms with E-state index < -0.39 is 11.2 Å². The summed E-state index contributed by atoms with van der Waals surface area (Å²) in [5.41, 5.74) is -0.222. The highest BCUT2D eigenvalue weighted by Crippen LogP contribution is 2.10. The Kier molecular flexibility index (Phi) is 2.63. The molecule has 0 unspecified atom stereocenters. The molecular weight excluding hydrogens is 260 g/mol. The lowest BCUT2D eigenvalue weighted by Crippen LogP contribution is -2.38. The van der Waals surface area contributed by atoms with Crippen molar-refractivity contribution < 1.29 is 0 Å². The lowest BCUT2D eigenvalue weighted by molar-refractivity contribution is 0.698. The van der Waals surface area contributed by atoms with Crippen LogP contribution in [0.4, 0.5) is 0 Å². The largest absolute Gasteiger partial charge is 0.332 e. The van der Waals surface area contributed by atoms with Gasteiger partial charge in [-0.05, 0) is 12.1 Å². The highest BCUT2D eigenvalue weighted by atomic mass is 16.2. The molecule has 0 bridgehead atoms. The van der Waals surface area contributed by atoms with E-state index in [0.29, 0.717) is 5.69 Å². The molecule has 0 aliphatic heterocycles. The fraction of sp³-hybridized carbons (Fsp3) is 0.167. The molecule has 0 radical (unpaired) electrons. The molecule has 0 saturated heterocycles. The first kappa shape index (κ1) is 12.2. The van der Waals surface area contributed by atoms with Gasteiger partial charge in [0, 0.05) is 20.3 Å². The van der Waals surface area contributed by atoms with Gasteiger partial charge in [0.15, 0.2) is 11.2 Å². The molecule has 3 aromatic heterocycles. The Hall–Kier alpha value is -2.90. The zero-order valence-corrected chi connectivity index (χ0v) is 10.8. The normalized spacial score (nSPS) is 10.9. The average Bonchev–Trinajstić information content (AvgIpc) is 2.51. The molecule has 0 aliphatic carbocycles. The monoisotopic (exact) mass is 270 g/mol. The van der Waals surface area contributed by atoms with Crippen molar-refractivity contribution in [3.63, 3.8) is 0 Å². The van der Waals surface area contributed by atoms with Crippen molar-refractivity contribution in [2.24, 2.45) is 14.1 Å². The van der Waals surface area contributed by atoms with Crippen LogP contribution in [0.3, 0.4) is 0 Å². The Balaban J connectivity index is 2.38. The van der Waals surface area contributed by atoms with Gasteiger partial charge in [0.05, 0.1) is 0 Å². The Morgan fingerprint density at radius 3 is 2.55 bits per heavy atom. The first-order valence-electron chi connectivity index (χ1n) is 5.81. The van der Waals surface area contributed by atoms with Gasteiger partial charge in [-0.1, -0.05) is 6.07 Å². The van der Waals surface area contributed by atoms with E-state index in [2.05, 4.69) is 20.2 Å². The molecule has 3 rings (SSSR count). The number of pyridine rings is 1. The van der Waals surface area contributed by atoms with Crippen LogP contribution < -0.4 is 11.2 Å². The minimum atomic E-state index is -0.504. The summed E-state index contributed by atoms with van der Waals surface area (Å²) in [7, 11) is 2.91. The van der Waals surface area contributed by atoms with E-state index >= 15 is 0 Å². The minimum Gasteiger partial charge on any atom is -0.278 e. The maximum Gasteiger partial charge on any atom is 0.332 e. The summed E-state index contributed by atoms with van der Waals surface area (Å²) in [5, 5.41) is 7.84. The van der Waals surface area contributed by atoms with E-state index in [1.807, 2.05) is 0 Å². The van der Waals surface area contributed by atoms with Gasteiger partial charge in [-0.15, -0.1) is 10.2 Å². The van der Waals surface area contributed by atoms with Gasteiger partial charge in [0.1, 0.15) is 5.69 Å². The quantitative estimate of drug-likeness (QED) is 0.590. The van der Waals surface area contributed by atoms with Crippen LogP contribution in [0, 0.1) is 0 Å². The summed E-state index contributed by atoms with van der Waals surface area (Å²) in [6.45, 7) is 0. The van der Waals surface area contributed by atoms with E-state index in [-0.39, 0.29) is 17.0 Å². The van der Waals surface area contributed by atoms with Crippen LogP contribution in [0.1, 0.15) is 0 Å². The lowest BCUT2D eigenvalue weighted by Gasteiger charge is -2.05. The second-order valence-electron chi connectivity index (χ2n) is 4.23. The molecule has 0 fully saturated rings. The first-order chi connectivity index (χ1) is 9.59. The summed E-state index contributed by atoms with van der Waals surface area (Å²) in [6.07, 6.45) is 1.60. The average molecular weight is 270 g/mol. The van der Waals surface area contributed by atoms with Crippen LogP contribution >= 0.6 is 0 Å². The Bertz CT molecular complexity index is 913. The molecule has 0 aliphatic rings. The van der Waals surface area contributed by atoms with Crippen molar-refractivity contribution in [3.8, 4) is 11.5 Å². The predicted molar refractivity (Wildman–Crippen MR) is 71.0 cm³/mol. The third kappa shape index (κ3) is 1.69. The van der Waals surface area contributed by atoms with Crippen molar-refractivity contribution >= 4 is 11.2 Å². The van der Waals surface area contributed by atoms with Crippen LogP contribution in [-0.4, -0.2) is 29.3 Å². The smallest absolute Gasteiger partial charge is 0.278 e. The van der Waals surface area contributed by atoms with E-state index in [9.17, 15) is 9.59 Å². The molecule has 8 nitrogen and oxygen atoms in total. The molecule has 20 heavy (non-hydrogen) atoms. The van der Waals surface area contributed by atoms with Crippen molar-refractivity contribution in [3.05, 3.63) is 45.2 Å². The van der Waals surface area contributed by atoms with Crippen LogP contribution in [0.15, 0.2) is 34.0 Å². The first-order valence-corrected chi connectivity index (χ1v) is 5.81. The molecular formula is C12H10N6O2. The molecule has 0 saturated carbocycles. The number of nitrogens with zero attached hydrogens (tertiary/aromatic N) is 6. The van der Waals surface area contributed by atoms with Gasteiger partial charge < -0.3 is 0 Å². The van der Waals surface area contributed by atoms with Gasteiger partial charge >= 0.3 is 5.69 Å². The topological polar surface area (TPSA) is 95.6 Å². The number of hydrogen-bond acceptors (Lipinski definition) is 6. The third-order valence-corrected chi connectivity index (χ3v) is 2.96. The SMILES string of the molecule is Cn1c(=O)c2nc(-c3ccccn3)nnc2n(C)c1=O. The van der Waals surface area contributed by atoms with Crippen molar-refractivity contribution in [2.45, 2.75) is 0 Å². The van der Waals surface area contributed by atoms with Crippen LogP contribution in [0.5, 0.6) is 0 Å². The van der Waals surface area contributed by atoms with Crippen molar-refractivity contribution in [1.29, 1.82) is 0 Å². The molecule has 100 valence electrons. The molecule has 0 amide bonds. The number of hydrogen-bond donors (Lipinski definition) is 0. The summed E-state index contributed by atoms with van der Waals surface area (Å²) >= 11 is 0. The molecule has 3 aromatic rings. The lowest BCUT2D eigenvalue weighted by atomic mass is 10.3. The van der Waals surface area contributed by atoms with Crippen LogP contribution in [0.25, 0.3) is 22.7 Å². The molecule has 8 heteroatoms. The molecule has 0 N–H and O–H groups in total. The Morgan fingerprint density at radius 1 is 1.05 bits per heavy atom. The summed E-state index contributed by atoms with van der Waals surface area (Å²) in [4.78, 5) is 32.1. The van der Waals surface area contributed by atoms with Crippen molar-refractivity contribution in [1.82, 2.24) is 29.3 Å². The minimum absolute atomic E-state index is 0.0882. The summed E-state index contributed by atoms with van der Waals surface area (Å²) in [6, 6.07) is 5.27. The van der Waals surface area contributed by atoms with E-state index in [1.54, 1.807) is 24.4 Å². The second-order valence-corrected chi connectivity index (χ2v) is 4.23. The Morgan fingerprint density at radius 2 is 1.85 bits per heavy atom. The zero-order valence-electron chi connectivity index (χ0n) is 10.8. The van der Waals surface area contributed by atoms with Gasteiger partial charge in [0.2, 0.25) is 5.82 Å². The van der Waals surface area contributed by atoms with E-state index in [4.69, 9.17) is 0 Å². The Labute approximate surface area is 112 Å². The summed E-state index contributed by atoms with van der Waals surface area (Å²) < 4.78 is 2.22. The molecule has 0 atom stereocenters. The fourth-order valence-corrected chi connectivity index (χ4v) is 1.85. The molecule has 3 heterocycles. The van der Waals surface area contributed by atoms with E-state index in [1.165, 1.54) is 18.7 Å². The summed E-state index contributed by atoms with van der Waals surface area (Å²) in [5.74, 6) is 0.244. The zero-order chi connectivity index (χ0) is 14.3. The van der Waals surface area contributed by atoms with Gasteiger partial charge in [-0.3, -0.25) is 18.9 Å². The van der Waals surface area contributed by atoms with Gasteiger partial charge in [-0.25, -0.2) is 9.78 Å². The number of aryl methyl sites for hydroxylation is 1. The van der Waals surface area contributed by atoms with Crippen LogP contribution in [0.2, 0.25) is 0 Å². The number of aromatic nitrogens is 6. The number of rotatable bonds is 1. The highest BCUT2D eigenvalue weighted by Gasteiger charge is 2.13. The van der Waals surface area contributed by atoms with E-state index in [0.717, 1.165) is 4.57 Å². The molecule has 0 spiro atoms. The van der Waals surface area contributed by atoms with Gasteiger partial charge in [0.25, 0.3) is 5.56 Å². The highest BCUT2D eigenvalue weighted by molar-refractivity contribution is 5.70. The predicted octanol–water partition coefficient (Wildman–Crippen LogP) is -0.516. The maximum atomic E-state index is 12.1. The van der Waals surface area contributed by atoms with Crippen LogP contribution in [-0.2, 0) is 14.1 Å². The second kappa shape index (κ2) is 4.34. The number of fused-ring (bicyclic) bond motifs is 1. The van der Waals surface area contributed by atoms with Crippen molar-refractivity contribution in [2.75, 3.05) is 0 Å². The standard InChI is InChI=1S/C12H10N6O2/c1-17-10-8(11(19)18(2)12(17)20)14-9(15-16-10)7-5-3-4-6-13-7/h3-6H,1-2H3. The molecule has 0 aromatic carbocycles. The van der Waals surface area contributed by atoms with Gasteiger partial charge in [-0.2, -0.15) is 0 Å².